The van der Waals surface area contributed by atoms with Crippen LogP contribution in [0.25, 0.3) is 0 Å². The number of esters is 3. The Labute approximate surface area is 489 Å². The summed E-state index contributed by atoms with van der Waals surface area (Å²) < 4.78 is 16.9. The molecule has 0 aliphatic carbocycles. The summed E-state index contributed by atoms with van der Waals surface area (Å²) in [6, 6.07) is 0. The topological polar surface area (TPSA) is 78.9 Å². The number of hydrogen-bond acceptors (Lipinski definition) is 6. The van der Waals surface area contributed by atoms with Gasteiger partial charge in [0.2, 0.25) is 0 Å². The third-order valence-electron chi connectivity index (χ3n) is 14.6. The highest BCUT2D eigenvalue weighted by molar-refractivity contribution is 5.71. The zero-order chi connectivity index (χ0) is 57.1. The maximum absolute atomic E-state index is 12.9. The first kappa shape index (κ1) is 75.3. The summed E-state index contributed by atoms with van der Waals surface area (Å²) in [5.41, 5.74) is 0. The Morgan fingerprint density at radius 3 is 0.785 bits per heavy atom. The van der Waals surface area contributed by atoms with Gasteiger partial charge in [-0.05, 0) is 96.3 Å². The summed E-state index contributed by atoms with van der Waals surface area (Å²) in [6.07, 6.45) is 90.1. The number of unbranched alkanes of at least 4 members (excludes halogenated alkanes) is 34. The van der Waals surface area contributed by atoms with E-state index in [4.69, 9.17) is 14.2 Å². The van der Waals surface area contributed by atoms with E-state index in [-0.39, 0.29) is 31.1 Å². The van der Waals surface area contributed by atoms with Crippen molar-refractivity contribution in [2.45, 2.75) is 335 Å². The SMILES string of the molecule is CC/C=C\C/C=C\C/C=C\C/C=C\C/C=C\CCCCCCCCCCCCCCCCCC(=O)OCC(COC(=O)CCCCC/C=C\C/C=C\C/C=C\CC)OC(=O)CCCCCCCCCCCCCCCCCCC. The average Bonchev–Trinajstić information content (AvgIpc) is 3.45. The molecule has 6 nitrogen and oxygen atoms in total. The molecule has 0 bridgehead atoms. The second-order valence-electron chi connectivity index (χ2n) is 22.3. The normalized spacial score (nSPS) is 12.7. The molecule has 6 heteroatoms. The smallest absolute Gasteiger partial charge is 0.306 e. The number of carbonyl (C=O) groups is 3. The molecule has 0 spiro atoms. The lowest BCUT2D eigenvalue weighted by Crippen LogP contribution is -2.30. The summed E-state index contributed by atoms with van der Waals surface area (Å²) in [4.78, 5) is 38.3. The number of hydrogen-bond donors (Lipinski definition) is 0. The van der Waals surface area contributed by atoms with Crippen LogP contribution in [0.4, 0.5) is 0 Å². The lowest BCUT2D eigenvalue weighted by atomic mass is 10.0. The van der Waals surface area contributed by atoms with Crippen molar-refractivity contribution in [1.82, 2.24) is 0 Å². The van der Waals surface area contributed by atoms with E-state index in [1.165, 1.54) is 173 Å². The first-order chi connectivity index (χ1) is 39.0. The van der Waals surface area contributed by atoms with E-state index in [1.807, 2.05) is 0 Å². The minimum Gasteiger partial charge on any atom is -0.462 e. The Morgan fingerprint density at radius 1 is 0.266 bits per heavy atom. The van der Waals surface area contributed by atoms with Crippen LogP contribution in [0.2, 0.25) is 0 Å². The monoisotopic (exact) mass is 1100 g/mol. The number of ether oxygens (including phenoxy) is 3. The molecule has 0 aliphatic rings. The molecule has 79 heavy (non-hydrogen) atoms. The maximum atomic E-state index is 12.9. The minimum absolute atomic E-state index is 0.0830. The van der Waals surface area contributed by atoms with Crippen molar-refractivity contribution in [3.8, 4) is 0 Å². The molecule has 0 aromatic heterocycles. The molecule has 0 rings (SSSR count). The lowest BCUT2D eigenvalue weighted by molar-refractivity contribution is -0.167. The molecule has 0 heterocycles. The van der Waals surface area contributed by atoms with Gasteiger partial charge in [-0.3, -0.25) is 14.4 Å². The summed E-state index contributed by atoms with van der Waals surface area (Å²) >= 11 is 0. The van der Waals surface area contributed by atoms with Crippen molar-refractivity contribution < 1.29 is 28.6 Å². The van der Waals surface area contributed by atoms with Crippen molar-refractivity contribution in [1.29, 1.82) is 0 Å². The van der Waals surface area contributed by atoms with Gasteiger partial charge < -0.3 is 14.2 Å². The van der Waals surface area contributed by atoms with Crippen LogP contribution >= 0.6 is 0 Å². The van der Waals surface area contributed by atoms with Crippen LogP contribution in [-0.4, -0.2) is 37.2 Å². The Bertz CT molecular complexity index is 1540. The minimum atomic E-state index is -0.788. The van der Waals surface area contributed by atoms with Gasteiger partial charge in [0, 0.05) is 19.3 Å². The van der Waals surface area contributed by atoms with Gasteiger partial charge in [0.25, 0.3) is 0 Å². The lowest BCUT2D eigenvalue weighted by Gasteiger charge is -2.18. The van der Waals surface area contributed by atoms with Crippen molar-refractivity contribution in [3.05, 3.63) is 97.2 Å². The summed E-state index contributed by atoms with van der Waals surface area (Å²) in [7, 11) is 0. The van der Waals surface area contributed by atoms with Gasteiger partial charge in [0.15, 0.2) is 6.10 Å². The Hall–Kier alpha value is -3.67. The highest BCUT2D eigenvalue weighted by atomic mass is 16.6. The van der Waals surface area contributed by atoms with E-state index in [2.05, 4.69) is 118 Å². The van der Waals surface area contributed by atoms with Crippen molar-refractivity contribution in [2.24, 2.45) is 0 Å². The second-order valence-corrected chi connectivity index (χ2v) is 22.3. The molecule has 1 unspecified atom stereocenters. The van der Waals surface area contributed by atoms with Crippen LogP contribution in [0.3, 0.4) is 0 Å². The summed E-state index contributed by atoms with van der Waals surface area (Å²) in [5, 5.41) is 0. The molecule has 0 aliphatic heterocycles. The Morgan fingerprint density at radius 2 is 0.494 bits per heavy atom. The van der Waals surface area contributed by atoms with Gasteiger partial charge in [-0.25, -0.2) is 0 Å². The molecule has 0 aromatic carbocycles. The van der Waals surface area contributed by atoms with E-state index in [0.29, 0.717) is 19.3 Å². The average molecular weight is 1100 g/mol. The Balaban J connectivity index is 4.21. The zero-order valence-electron chi connectivity index (χ0n) is 52.1. The molecule has 1 atom stereocenters. The van der Waals surface area contributed by atoms with E-state index in [1.54, 1.807) is 0 Å². The van der Waals surface area contributed by atoms with Gasteiger partial charge in [-0.1, -0.05) is 311 Å². The maximum Gasteiger partial charge on any atom is 0.306 e. The summed E-state index contributed by atoms with van der Waals surface area (Å²) in [5.74, 6) is -0.898. The molecular weight excluding hydrogens is 973 g/mol. The molecule has 0 fully saturated rings. The van der Waals surface area contributed by atoms with E-state index in [9.17, 15) is 14.4 Å². The largest absolute Gasteiger partial charge is 0.462 e. The molecule has 0 aromatic rings. The van der Waals surface area contributed by atoms with Crippen LogP contribution in [0.5, 0.6) is 0 Å². The first-order valence-corrected chi connectivity index (χ1v) is 33.7. The molecule has 0 amide bonds. The van der Waals surface area contributed by atoms with Gasteiger partial charge in [0.05, 0.1) is 0 Å². The van der Waals surface area contributed by atoms with Crippen molar-refractivity contribution in [3.63, 3.8) is 0 Å². The second kappa shape index (κ2) is 66.8. The molecular formula is C73H126O6. The van der Waals surface area contributed by atoms with Crippen LogP contribution in [0.15, 0.2) is 97.2 Å². The standard InChI is InChI=1S/C73H126O6/c1-4-7-10-13-16-19-22-25-27-29-30-31-32-33-34-35-36-37-38-39-40-41-42-44-45-48-51-54-57-60-63-66-72(75)78-69-70(68-77-71(74)65-62-59-56-53-50-47-24-21-18-15-12-9-6-3)79-73(76)67-64-61-58-55-52-49-46-43-28-26-23-20-17-14-11-8-5-2/h7,9-10,12,16,18-19,21,25,27,30-31,33-34,47,50,70H,4-6,8,11,13-15,17,20,22-24,26,28-29,32,35-46,48-49,51-69H2,1-3H3/b10-7-,12-9-,19-16-,21-18-,27-25-,31-30-,34-33-,50-47-. The van der Waals surface area contributed by atoms with Gasteiger partial charge >= 0.3 is 17.9 Å². The van der Waals surface area contributed by atoms with Crippen LogP contribution < -0.4 is 0 Å². The fourth-order valence-corrected chi connectivity index (χ4v) is 9.60. The zero-order valence-corrected chi connectivity index (χ0v) is 52.1. The summed E-state index contributed by atoms with van der Waals surface area (Å²) in [6.45, 7) is 6.43. The van der Waals surface area contributed by atoms with E-state index < -0.39 is 6.10 Å². The van der Waals surface area contributed by atoms with Crippen LogP contribution in [0, 0.1) is 0 Å². The third kappa shape index (κ3) is 65.0. The Kier molecular flexibility index (Phi) is 63.7. The van der Waals surface area contributed by atoms with Crippen molar-refractivity contribution in [2.75, 3.05) is 13.2 Å². The van der Waals surface area contributed by atoms with Gasteiger partial charge in [-0.2, -0.15) is 0 Å². The molecule has 454 valence electrons. The molecule has 0 saturated heterocycles. The van der Waals surface area contributed by atoms with E-state index in [0.717, 1.165) is 116 Å². The fraction of sp³-hybridized carbons (Fsp3) is 0.740. The third-order valence-corrected chi connectivity index (χ3v) is 14.6. The highest BCUT2D eigenvalue weighted by Crippen LogP contribution is 2.17. The first-order valence-electron chi connectivity index (χ1n) is 33.7. The number of carbonyl (C=O) groups excluding carboxylic acids is 3. The van der Waals surface area contributed by atoms with Crippen LogP contribution in [-0.2, 0) is 28.6 Å². The predicted octanol–water partition coefficient (Wildman–Crippen LogP) is 23.2. The fourth-order valence-electron chi connectivity index (χ4n) is 9.60. The van der Waals surface area contributed by atoms with Crippen LogP contribution in [0.1, 0.15) is 329 Å². The number of allylic oxidation sites excluding steroid dienone is 16. The molecule has 0 N–H and O–H groups in total. The number of rotatable bonds is 61. The molecule has 0 radical (unpaired) electrons. The van der Waals surface area contributed by atoms with Gasteiger partial charge in [0.1, 0.15) is 13.2 Å². The highest BCUT2D eigenvalue weighted by Gasteiger charge is 2.19. The van der Waals surface area contributed by atoms with Crippen molar-refractivity contribution >= 4 is 17.9 Å². The molecule has 0 saturated carbocycles. The van der Waals surface area contributed by atoms with Gasteiger partial charge in [-0.15, -0.1) is 0 Å². The quantitative estimate of drug-likeness (QED) is 0.0261. The van der Waals surface area contributed by atoms with E-state index >= 15 is 0 Å². The predicted molar refractivity (Wildman–Crippen MR) is 344 cm³/mol.